The van der Waals surface area contributed by atoms with E-state index >= 15 is 0 Å². The van der Waals surface area contributed by atoms with Crippen molar-refractivity contribution < 1.29 is 14.3 Å². The van der Waals surface area contributed by atoms with Gasteiger partial charge >= 0.3 is 0 Å². The molecule has 0 bridgehead atoms. The maximum atomic E-state index is 12.9. The molecule has 0 spiro atoms. The molecule has 6 nitrogen and oxygen atoms in total. The number of carbonyl (C=O) groups is 2. The number of fused-ring (bicyclic) bond motifs is 1. The van der Waals surface area contributed by atoms with Crippen LogP contribution in [0, 0.1) is 12.3 Å². The van der Waals surface area contributed by atoms with E-state index < -0.39 is 5.41 Å². The summed E-state index contributed by atoms with van der Waals surface area (Å²) in [6.45, 7) is 2.43. The molecule has 29 heavy (non-hydrogen) atoms. The third-order valence-electron chi connectivity index (χ3n) is 5.58. The summed E-state index contributed by atoms with van der Waals surface area (Å²) in [7, 11) is 1.56. The number of methoxy groups -OCH3 is 1. The van der Waals surface area contributed by atoms with Crippen molar-refractivity contribution in [2.75, 3.05) is 19.0 Å². The highest BCUT2D eigenvalue weighted by atomic mass is 16.5. The highest BCUT2D eigenvalue weighted by Gasteiger charge is 2.56. The second kappa shape index (κ2) is 7.62. The number of benzene rings is 2. The van der Waals surface area contributed by atoms with E-state index in [1.165, 1.54) is 0 Å². The van der Waals surface area contributed by atoms with Crippen LogP contribution in [0.5, 0.6) is 5.75 Å². The number of anilines is 1. The molecule has 0 saturated heterocycles. The van der Waals surface area contributed by atoms with Crippen molar-refractivity contribution in [1.82, 2.24) is 10.3 Å². The second-order valence-corrected chi connectivity index (χ2v) is 7.61. The normalized spacial score (nSPS) is 14.4. The van der Waals surface area contributed by atoms with Gasteiger partial charge in [-0.05, 0) is 55.5 Å². The van der Waals surface area contributed by atoms with Gasteiger partial charge in [0.15, 0.2) is 0 Å². The number of nitrogens with one attached hydrogen (secondary N) is 3. The van der Waals surface area contributed by atoms with Crippen LogP contribution in [0.4, 0.5) is 5.69 Å². The summed E-state index contributed by atoms with van der Waals surface area (Å²) in [4.78, 5) is 28.9. The molecule has 1 heterocycles. The standard InChI is InChI=1S/C23H25N3O3/c1-15-7-8-20(29-2)19(13-15)26-22(28)23(10-11-23)21(27)24-12-9-16-14-25-18-6-4-3-5-17(16)18/h3-8,13-14,25H,9-12H2,1-2H3,(H,24,27)(H,26,28). The van der Waals surface area contributed by atoms with Crippen molar-refractivity contribution in [1.29, 1.82) is 0 Å². The number of para-hydroxylation sites is 1. The Kier molecular flexibility index (Phi) is 5.01. The Morgan fingerprint density at radius 3 is 2.69 bits per heavy atom. The van der Waals surface area contributed by atoms with Gasteiger partial charge in [-0.3, -0.25) is 9.59 Å². The number of amides is 2. The van der Waals surface area contributed by atoms with Crippen LogP contribution in [-0.2, 0) is 16.0 Å². The van der Waals surface area contributed by atoms with E-state index in [2.05, 4.69) is 21.7 Å². The van der Waals surface area contributed by atoms with Crippen LogP contribution >= 0.6 is 0 Å². The number of hydrogen-bond donors (Lipinski definition) is 3. The molecule has 1 aliphatic carbocycles. The van der Waals surface area contributed by atoms with E-state index in [-0.39, 0.29) is 11.8 Å². The van der Waals surface area contributed by atoms with Crippen LogP contribution < -0.4 is 15.4 Å². The third kappa shape index (κ3) is 3.70. The SMILES string of the molecule is COc1ccc(C)cc1NC(=O)C1(C(=O)NCCc2c[nH]c3ccccc23)CC1. The lowest BCUT2D eigenvalue weighted by molar-refractivity contribution is -0.134. The summed E-state index contributed by atoms with van der Waals surface area (Å²) < 4.78 is 5.32. The van der Waals surface area contributed by atoms with E-state index in [9.17, 15) is 9.59 Å². The van der Waals surface area contributed by atoms with Gasteiger partial charge in [0.05, 0.1) is 12.8 Å². The molecule has 3 aromatic rings. The van der Waals surface area contributed by atoms with Gasteiger partial charge in [0.2, 0.25) is 11.8 Å². The number of H-pyrrole nitrogens is 1. The zero-order valence-corrected chi connectivity index (χ0v) is 16.7. The number of hydrogen-bond acceptors (Lipinski definition) is 3. The maximum Gasteiger partial charge on any atom is 0.240 e. The Bertz CT molecular complexity index is 1070. The van der Waals surface area contributed by atoms with E-state index in [0.29, 0.717) is 37.2 Å². The quantitative estimate of drug-likeness (QED) is 0.539. The fourth-order valence-corrected chi connectivity index (χ4v) is 3.66. The number of ether oxygens (including phenoxy) is 1. The van der Waals surface area contributed by atoms with Crippen LogP contribution in [0.3, 0.4) is 0 Å². The summed E-state index contributed by atoms with van der Waals surface area (Å²) in [5.41, 5.74) is 2.86. The molecule has 1 saturated carbocycles. The van der Waals surface area contributed by atoms with Crippen molar-refractivity contribution in [3.8, 4) is 5.75 Å². The first-order valence-electron chi connectivity index (χ1n) is 9.83. The lowest BCUT2D eigenvalue weighted by Crippen LogP contribution is -2.40. The molecule has 1 aliphatic rings. The summed E-state index contributed by atoms with van der Waals surface area (Å²) in [6, 6.07) is 13.7. The summed E-state index contributed by atoms with van der Waals surface area (Å²) in [5.74, 6) is 0.104. The molecule has 1 fully saturated rings. The van der Waals surface area contributed by atoms with Gasteiger partial charge in [-0.25, -0.2) is 0 Å². The van der Waals surface area contributed by atoms with Gasteiger partial charge in [0.1, 0.15) is 11.2 Å². The number of rotatable bonds is 7. The summed E-state index contributed by atoms with van der Waals surface area (Å²) in [6.07, 6.45) is 3.80. The molecule has 0 radical (unpaired) electrons. The molecule has 0 atom stereocenters. The zero-order valence-electron chi connectivity index (χ0n) is 16.7. The average Bonchev–Trinajstić information content (AvgIpc) is 3.44. The molecular weight excluding hydrogens is 366 g/mol. The van der Waals surface area contributed by atoms with Gasteiger partial charge in [0, 0.05) is 23.6 Å². The highest BCUT2D eigenvalue weighted by Crippen LogP contribution is 2.47. The largest absolute Gasteiger partial charge is 0.495 e. The molecule has 3 N–H and O–H groups in total. The smallest absolute Gasteiger partial charge is 0.240 e. The molecule has 2 aromatic carbocycles. The minimum absolute atomic E-state index is 0.207. The second-order valence-electron chi connectivity index (χ2n) is 7.61. The van der Waals surface area contributed by atoms with E-state index in [1.54, 1.807) is 7.11 Å². The Morgan fingerprint density at radius 2 is 1.93 bits per heavy atom. The lowest BCUT2D eigenvalue weighted by Gasteiger charge is -2.17. The van der Waals surface area contributed by atoms with Crippen molar-refractivity contribution in [2.45, 2.75) is 26.2 Å². The molecule has 150 valence electrons. The van der Waals surface area contributed by atoms with Crippen molar-refractivity contribution in [3.63, 3.8) is 0 Å². The molecule has 1 aromatic heterocycles. The third-order valence-corrected chi connectivity index (χ3v) is 5.58. The van der Waals surface area contributed by atoms with E-state index in [0.717, 1.165) is 22.0 Å². The van der Waals surface area contributed by atoms with Crippen LogP contribution in [-0.4, -0.2) is 30.5 Å². The minimum atomic E-state index is -0.977. The molecule has 4 rings (SSSR count). The zero-order chi connectivity index (χ0) is 20.4. The maximum absolute atomic E-state index is 12.9. The summed E-state index contributed by atoms with van der Waals surface area (Å²) >= 11 is 0. The van der Waals surface area contributed by atoms with Gasteiger partial charge < -0.3 is 20.4 Å². The Labute approximate surface area is 169 Å². The number of aryl methyl sites for hydroxylation is 1. The fourth-order valence-electron chi connectivity index (χ4n) is 3.66. The lowest BCUT2D eigenvalue weighted by atomic mass is 10.0. The van der Waals surface area contributed by atoms with Crippen LogP contribution in [0.2, 0.25) is 0 Å². The molecule has 6 heteroatoms. The van der Waals surface area contributed by atoms with Crippen LogP contribution in [0.15, 0.2) is 48.7 Å². The number of aromatic nitrogens is 1. The first kappa shape index (κ1) is 19.1. The van der Waals surface area contributed by atoms with Gasteiger partial charge in [-0.2, -0.15) is 0 Å². The predicted octanol–water partition coefficient (Wildman–Crippen LogP) is 3.56. The highest BCUT2D eigenvalue weighted by molar-refractivity contribution is 6.13. The molecular formula is C23H25N3O3. The minimum Gasteiger partial charge on any atom is -0.495 e. The summed E-state index contributed by atoms with van der Waals surface area (Å²) in [5, 5.41) is 6.99. The van der Waals surface area contributed by atoms with E-state index in [4.69, 9.17) is 4.74 Å². The van der Waals surface area contributed by atoms with Crippen LogP contribution in [0.1, 0.15) is 24.0 Å². The molecule has 0 unspecified atom stereocenters. The first-order valence-corrected chi connectivity index (χ1v) is 9.83. The van der Waals surface area contributed by atoms with Crippen molar-refractivity contribution >= 4 is 28.4 Å². The van der Waals surface area contributed by atoms with E-state index in [1.807, 2.05) is 49.5 Å². The van der Waals surface area contributed by atoms with Crippen molar-refractivity contribution in [3.05, 3.63) is 59.8 Å². The Hall–Kier alpha value is -3.28. The molecule has 2 amide bonds. The monoisotopic (exact) mass is 391 g/mol. The van der Waals surface area contributed by atoms with Gasteiger partial charge in [-0.1, -0.05) is 24.3 Å². The number of aromatic amines is 1. The van der Waals surface area contributed by atoms with Gasteiger partial charge in [0.25, 0.3) is 0 Å². The Balaban J connectivity index is 1.38. The topological polar surface area (TPSA) is 83.2 Å². The van der Waals surface area contributed by atoms with Crippen molar-refractivity contribution in [2.24, 2.45) is 5.41 Å². The van der Waals surface area contributed by atoms with Crippen LogP contribution in [0.25, 0.3) is 10.9 Å². The number of carbonyl (C=O) groups excluding carboxylic acids is 2. The average molecular weight is 391 g/mol. The van der Waals surface area contributed by atoms with Gasteiger partial charge in [-0.15, -0.1) is 0 Å². The predicted molar refractivity (Wildman–Crippen MR) is 113 cm³/mol. The Morgan fingerprint density at radius 1 is 1.14 bits per heavy atom. The fraction of sp³-hybridized carbons (Fsp3) is 0.304. The molecule has 0 aliphatic heterocycles. The first-order chi connectivity index (χ1) is 14.0.